The molecule has 0 aromatic carbocycles. The Labute approximate surface area is 340 Å². The van der Waals surface area contributed by atoms with Gasteiger partial charge in [0.25, 0.3) is 5.09 Å². The van der Waals surface area contributed by atoms with Crippen molar-refractivity contribution in [3.05, 3.63) is 10.1 Å². The number of hydrogen-bond donors (Lipinski definition) is 2. The van der Waals surface area contributed by atoms with Gasteiger partial charge < -0.3 is 10.9 Å². The van der Waals surface area contributed by atoms with Gasteiger partial charge in [-0.05, 0) is 19.3 Å². The van der Waals surface area contributed by atoms with Crippen LogP contribution < -0.4 is 5.73 Å². The van der Waals surface area contributed by atoms with E-state index in [1.165, 1.54) is 289 Å². The van der Waals surface area contributed by atoms with Crippen molar-refractivity contribution in [2.75, 3.05) is 0 Å². The highest BCUT2D eigenvalue weighted by atomic mass is 16.9. The minimum absolute atomic E-state index is 0.116. The maximum atomic E-state index is 8.36. The molecular formula is C49H102N2O3. The van der Waals surface area contributed by atoms with Crippen LogP contribution in [0.2, 0.25) is 0 Å². The maximum Gasteiger partial charge on any atom is 0.291 e. The molecule has 0 aromatic rings. The summed E-state index contributed by atoms with van der Waals surface area (Å²) < 4.78 is 0. The highest BCUT2D eigenvalue weighted by Gasteiger charge is 2.23. The zero-order valence-corrected chi connectivity index (χ0v) is 37.6. The van der Waals surface area contributed by atoms with E-state index in [0.717, 1.165) is 0 Å². The molecule has 326 valence electrons. The summed E-state index contributed by atoms with van der Waals surface area (Å²) in [5.41, 5.74) is 7.36. The first kappa shape index (κ1) is 55.3. The smallest absolute Gasteiger partial charge is 0.291 e. The van der Waals surface area contributed by atoms with Gasteiger partial charge in [0.1, 0.15) is 0 Å². The van der Waals surface area contributed by atoms with Crippen LogP contribution in [0.1, 0.15) is 310 Å². The van der Waals surface area contributed by atoms with Crippen molar-refractivity contribution in [1.29, 1.82) is 0 Å². The van der Waals surface area contributed by atoms with Crippen molar-refractivity contribution in [3.63, 3.8) is 0 Å². The van der Waals surface area contributed by atoms with Gasteiger partial charge in [0, 0.05) is 5.54 Å². The van der Waals surface area contributed by atoms with E-state index < -0.39 is 5.09 Å². The molecule has 0 atom stereocenters. The lowest BCUT2D eigenvalue weighted by atomic mass is 9.82. The molecule has 0 aromatic heterocycles. The van der Waals surface area contributed by atoms with Gasteiger partial charge in [-0.2, -0.15) is 0 Å². The topological polar surface area (TPSA) is 89.4 Å². The molecule has 0 spiro atoms. The van der Waals surface area contributed by atoms with Crippen LogP contribution in [-0.2, 0) is 0 Å². The van der Waals surface area contributed by atoms with Crippen molar-refractivity contribution in [3.8, 4) is 0 Å². The fourth-order valence-corrected chi connectivity index (χ4v) is 8.39. The Bertz CT molecular complexity index is 605. The molecule has 0 fully saturated rings. The van der Waals surface area contributed by atoms with E-state index in [9.17, 15) is 0 Å². The third kappa shape index (κ3) is 51.2. The Morgan fingerprint density at radius 1 is 0.333 bits per heavy atom. The average molecular weight is 767 g/mol. The molecule has 0 aliphatic rings. The van der Waals surface area contributed by atoms with Gasteiger partial charge in [-0.15, -0.1) is 10.1 Å². The fourth-order valence-electron chi connectivity index (χ4n) is 8.39. The fraction of sp³-hybridized carbons (Fsp3) is 1.00. The lowest BCUT2D eigenvalue weighted by Crippen LogP contribution is -2.39. The predicted octanol–water partition coefficient (Wildman–Crippen LogP) is 18.0. The molecule has 0 aliphatic carbocycles. The number of nitrogens with two attached hydrogens (primary N) is 1. The van der Waals surface area contributed by atoms with Crippen LogP contribution in [0.4, 0.5) is 0 Å². The molecular weight excluding hydrogens is 665 g/mol. The lowest BCUT2D eigenvalue weighted by molar-refractivity contribution is -0.742. The monoisotopic (exact) mass is 767 g/mol. The van der Waals surface area contributed by atoms with E-state index in [1.54, 1.807) is 0 Å². The Morgan fingerprint density at radius 2 is 0.444 bits per heavy atom. The van der Waals surface area contributed by atoms with Crippen LogP contribution in [0, 0.1) is 10.1 Å². The summed E-state index contributed by atoms with van der Waals surface area (Å²) in [5.74, 6) is 0. The Morgan fingerprint density at radius 3 is 0.574 bits per heavy atom. The first-order chi connectivity index (χ1) is 26.4. The molecule has 0 heterocycles. The average Bonchev–Trinajstić information content (AvgIpc) is 3.15. The van der Waals surface area contributed by atoms with Crippen molar-refractivity contribution in [1.82, 2.24) is 0 Å². The van der Waals surface area contributed by atoms with Gasteiger partial charge in [-0.1, -0.05) is 290 Å². The Kier molecular flexibility index (Phi) is 49.4. The Hall–Kier alpha value is -0.840. The van der Waals surface area contributed by atoms with Crippen molar-refractivity contribution in [2.24, 2.45) is 5.73 Å². The molecule has 0 rings (SSSR count). The van der Waals surface area contributed by atoms with Gasteiger partial charge >= 0.3 is 0 Å². The van der Waals surface area contributed by atoms with E-state index in [4.69, 9.17) is 21.1 Å². The lowest BCUT2D eigenvalue weighted by Gasteiger charge is -2.30. The summed E-state index contributed by atoms with van der Waals surface area (Å²) in [6.07, 6.45) is 64.4. The standard InChI is InChI=1S/C49H101N.HNO3/c1-4-7-10-13-16-19-22-25-28-31-34-37-40-43-46-49(50,47-44-41-38-35-32-29-26-23-20-17-14-11-8-5-2)48-45-42-39-36-33-30-27-24-21-18-15-12-9-6-3;2-1(3)4/h4-48,50H2,1-3H3;(H,2,3,4). The number of rotatable bonds is 45. The van der Waals surface area contributed by atoms with Gasteiger partial charge in [0.05, 0.1) is 0 Å². The zero-order chi connectivity index (χ0) is 39.9. The summed E-state index contributed by atoms with van der Waals surface area (Å²) in [6, 6.07) is 0. The summed E-state index contributed by atoms with van der Waals surface area (Å²) >= 11 is 0. The van der Waals surface area contributed by atoms with Gasteiger partial charge in [0.2, 0.25) is 0 Å². The number of nitrogens with zero attached hydrogens (tertiary/aromatic N) is 1. The first-order valence-corrected chi connectivity index (χ1v) is 25.0. The predicted molar refractivity (Wildman–Crippen MR) is 240 cm³/mol. The highest BCUT2D eigenvalue weighted by Crippen LogP contribution is 2.27. The van der Waals surface area contributed by atoms with Crippen LogP contribution in [0.5, 0.6) is 0 Å². The molecule has 0 bridgehead atoms. The second kappa shape index (κ2) is 48.3. The highest BCUT2D eigenvalue weighted by molar-refractivity contribution is 4.84. The van der Waals surface area contributed by atoms with Crippen LogP contribution in [0.25, 0.3) is 0 Å². The van der Waals surface area contributed by atoms with Gasteiger partial charge in [-0.25, -0.2) is 0 Å². The third-order valence-corrected chi connectivity index (χ3v) is 12.1. The molecule has 0 saturated heterocycles. The molecule has 54 heavy (non-hydrogen) atoms. The minimum Gasteiger partial charge on any atom is -0.328 e. The molecule has 5 nitrogen and oxygen atoms in total. The Balaban J connectivity index is 0. The van der Waals surface area contributed by atoms with Crippen LogP contribution in [0.3, 0.4) is 0 Å². The van der Waals surface area contributed by atoms with E-state index in [-0.39, 0.29) is 5.54 Å². The van der Waals surface area contributed by atoms with Crippen molar-refractivity contribution < 1.29 is 10.3 Å². The summed E-state index contributed by atoms with van der Waals surface area (Å²) in [5, 5.41) is 13.6. The molecule has 0 radical (unpaired) electrons. The molecule has 0 saturated carbocycles. The van der Waals surface area contributed by atoms with Gasteiger partial charge in [-0.3, -0.25) is 0 Å². The molecule has 5 heteroatoms. The zero-order valence-electron chi connectivity index (χ0n) is 37.6. The van der Waals surface area contributed by atoms with Crippen molar-refractivity contribution in [2.45, 2.75) is 315 Å². The largest absolute Gasteiger partial charge is 0.328 e. The first-order valence-electron chi connectivity index (χ1n) is 25.0. The van der Waals surface area contributed by atoms with E-state index >= 15 is 0 Å². The van der Waals surface area contributed by atoms with Crippen LogP contribution in [0.15, 0.2) is 0 Å². The minimum atomic E-state index is -1.50. The second-order valence-corrected chi connectivity index (χ2v) is 17.6. The van der Waals surface area contributed by atoms with Gasteiger partial charge in [0.15, 0.2) is 0 Å². The quantitative estimate of drug-likeness (QED) is 0.0367. The van der Waals surface area contributed by atoms with Crippen LogP contribution in [-0.4, -0.2) is 15.8 Å². The molecule has 3 N–H and O–H groups in total. The molecule has 0 unspecified atom stereocenters. The SMILES string of the molecule is CCCCCCCCCCCCCCCCC(N)(CCCCCCCCCCCCCCCC)CCCCCCCCCCCCCCCC.O=[N+]([O-])O. The van der Waals surface area contributed by atoms with E-state index in [1.807, 2.05) is 0 Å². The van der Waals surface area contributed by atoms with Crippen LogP contribution >= 0.6 is 0 Å². The number of hydrogen-bond acceptors (Lipinski definition) is 3. The normalized spacial score (nSPS) is 11.6. The second-order valence-electron chi connectivity index (χ2n) is 17.6. The maximum absolute atomic E-state index is 8.36. The van der Waals surface area contributed by atoms with Crippen molar-refractivity contribution >= 4 is 0 Å². The number of unbranched alkanes of at least 4 members (excludes halogenated alkanes) is 39. The van der Waals surface area contributed by atoms with E-state index in [0.29, 0.717) is 0 Å². The molecule has 0 aliphatic heterocycles. The molecule has 0 amide bonds. The summed E-state index contributed by atoms with van der Waals surface area (Å²) in [4.78, 5) is 8.36. The third-order valence-electron chi connectivity index (χ3n) is 12.1. The summed E-state index contributed by atoms with van der Waals surface area (Å²) in [7, 11) is 0. The van der Waals surface area contributed by atoms with E-state index in [2.05, 4.69) is 20.8 Å². The summed E-state index contributed by atoms with van der Waals surface area (Å²) in [6.45, 7) is 6.94.